The highest BCUT2D eigenvalue weighted by atomic mass is 16.3. The minimum Gasteiger partial charge on any atom is -0.508 e. The van der Waals surface area contributed by atoms with Gasteiger partial charge in [0.25, 0.3) is 0 Å². The Labute approximate surface area is 100 Å². The molecule has 1 fully saturated rings. The van der Waals surface area contributed by atoms with Crippen LogP contribution in [0.2, 0.25) is 0 Å². The SMILES string of the molecule is CC1(O)CN(C(=O)CCc2ccccc2O)C1. The third-order valence-electron chi connectivity index (χ3n) is 3.02. The number of phenolic OH excluding ortho intramolecular Hbond substituents is 1. The van der Waals surface area contributed by atoms with Gasteiger partial charge in [0.05, 0.1) is 18.7 Å². The molecule has 1 aromatic rings. The van der Waals surface area contributed by atoms with Crippen LogP contribution in [0.25, 0.3) is 0 Å². The molecule has 92 valence electrons. The summed E-state index contributed by atoms with van der Waals surface area (Å²) in [6, 6.07) is 7.03. The summed E-state index contributed by atoms with van der Waals surface area (Å²) >= 11 is 0. The lowest BCUT2D eigenvalue weighted by Gasteiger charge is -2.44. The Kier molecular flexibility index (Phi) is 3.07. The van der Waals surface area contributed by atoms with Crippen LogP contribution in [0, 0.1) is 0 Å². The molecular formula is C13H17NO3. The van der Waals surface area contributed by atoms with Crippen LogP contribution in [0.4, 0.5) is 0 Å². The van der Waals surface area contributed by atoms with Crippen LogP contribution in [-0.2, 0) is 11.2 Å². The van der Waals surface area contributed by atoms with Gasteiger partial charge in [0.1, 0.15) is 5.75 Å². The fourth-order valence-corrected chi connectivity index (χ4v) is 2.07. The maximum atomic E-state index is 11.7. The molecule has 1 amide bonds. The summed E-state index contributed by atoms with van der Waals surface area (Å²) in [7, 11) is 0. The lowest BCUT2D eigenvalue weighted by molar-refractivity contribution is -0.152. The Balaban J connectivity index is 1.83. The predicted octanol–water partition coefficient (Wildman–Crippen LogP) is 0.918. The van der Waals surface area contributed by atoms with Crippen molar-refractivity contribution in [3.63, 3.8) is 0 Å². The first-order chi connectivity index (χ1) is 7.98. The van der Waals surface area contributed by atoms with E-state index in [9.17, 15) is 15.0 Å². The molecule has 4 nitrogen and oxygen atoms in total. The van der Waals surface area contributed by atoms with Crippen LogP contribution in [-0.4, -0.2) is 39.7 Å². The van der Waals surface area contributed by atoms with E-state index >= 15 is 0 Å². The van der Waals surface area contributed by atoms with Crippen molar-refractivity contribution in [3.8, 4) is 5.75 Å². The van der Waals surface area contributed by atoms with Crippen molar-refractivity contribution in [3.05, 3.63) is 29.8 Å². The Morgan fingerprint density at radius 1 is 1.41 bits per heavy atom. The second-order valence-corrected chi connectivity index (χ2v) is 4.88. The molecule has 17 heavy (non-hydrogen) atoms. The molecule has 0 saturated carbocycles. The van der Waals surface area contributed by atoms with Gasteiger partial charge < -0.3 is 15.1 Å². The first kappa shape index (κ1) is 11.9. The van der Waals surface area contributed by atoms with Gasteiger partial charge in [-0.2, -0.15) is 0 Å². The normalized spacial score (nSPS) is 17.6. The van der Waals surface area contributed by atoms with E-state index in [-0.39, 0.29) is 11.7 Å². The zero-order chi connectivity index (χ0) is 12.5. The maximum absolute atomic E-state index is 11.7. The molecule has 0 unspecified atom stereocenters. The van der Waals surface area contributed by atoms with Crippen LogP contribution < -0.4 is 0 Å². The number of benzene rings is 1. The monoisotopic (exact) mass is 235 g/mol. The topological polar surface area (TPSA) is 60.8 Å². The lowest BCUT2D eigenvalue weighted by atomic mass is 9.96. The second-order valence-electron chi connectivity index (χ2n) is 4.88. The van der Waals surface area contributed by atoms with Crippen LogP contribution >= 0.6 is 0 Å². The van der Waals surface area contributed by atoms with E-state index in [4.69, 9.17) is 0 Å². The summed E-state index contributed by atoms with van der Waals surface area (Å²) in [5.41, 5.74) is 0.0676. The van der Waals surface area contributed by atoms with Gasteiger partial charge in [-0.25, -0.2) is 0 Å². The smallest absolute Gasteiger partial charge is 0.223 e. The number of para-hydroxylation sites is 1. The van der Waals surface area contributed by atoms with E-state index in [1.807, 2.05) is 12.1 Å². The summed E-state index contributed by atoms with van der Waals surface area (Å²) < 4.78 is 0. The summed E-state index contributed by atoms with van der Waals surface area (Å²) in [5, 5.41) is 19.1. The number of rotatable bonds is 3. The van der Waals surface area contributed by atoms with E-state index in [1.165, 1.54) is 0 Å². The zero-order valence-corrected chi connectivity index (χ0v) is 9.89. The van der Waals surface area contributed by atoms with E-state index in [1.54, 1.807) is 24.0 Å². The van der Waals surface area contributed by atoms with Gasteiger partial charge in [-0.3, -0.25) is 4.79 Å². The van der Waals surface area contributed by atoms with Crippen molar-refractivity contribution in [2.75, 3.05) is 13.1 Å². The van der Waals surface area contributed by atoms with Crippen molar-refractivity contribution in [1.29, 1.82) is 0 Å². The average molecular weight is 235 g/mol. The van der Waals surface area contributed by atoms with E-state index < -0.39 is 5.60 Å². The molecule has 0 atom stereocenters. The Hall–Kier alpha value is -1.55. The van der Waals surface area contributed by atoms with Gasteiger partial charge in [0.2, 0.25) is 5.91 Å². The van der Waals surface area contributed by atoms with E-state index in [0.29, 0.717) is 25.9 Å². The van der Waals surface area contributed by atoms with Crippen LogP contribution in [0.1, 0.15) is 18.9 Å². The van der Waals surface area contributed by atoms with Gasteiger partial charge in [-0.1, -0.05) is 18.2 Å². The molecule has 1 saturated heterocycles. The minimum absolute atomic E-state index is 0.0276. The molecule has 0 aromatic heterocycles. The molecule has 0 aliphatic carbocycles. The number of phenols is 1. The number of likely N-dealkylation sites (tertiary alicyclic amines) is 1. The number of amides is 1. The largest absolute Gasteiger partial charge is 0.508 e. The van der Waals surface area contributed by atoms with Crippen molar-refractivity contribution < 1.29 is 15.0 Å². The number of nitrogens with zero attached hydrogens (tertiary/aromatic N) is 1. The van der Waals surface area contributed by atoms with Gasteiger partial charge in [-0.05, 0) is 25.0 Å². The molecular weight excluding hydrogens is 218 g/mol. The number of carbonyl (C=O) groups is 1. The van der Waals surface area contributed by atoms with Gasteiger partial charge in [0, 0.05) is 6.42 Å². The highest BCUT2D eigenvalue weighted by Gasteiger charge is 2.38. The number of aromatic hydroxyl groups is 1. The van der Waals surface area contributed by atoms with Crippen LogP contribution in [0.3, 0.4) is 0 Å². The van der Waals surface area contributed by atoms with Crippen molar-refractivity contribution in [2.24, 2.45) is 0 Å². The van der Waals surface area contributed by atoms with Crippen molar-refractivity contribution in [2.45, 2.75) is 25.4 Å². The Bertz CT molecular complexity index is 420. The van der Waals surface area contributed by atoms with Crippen molar-refractivity contribution in [1.82, 2.24) is 4.90 Å². The predicted molar refractivity (Wildman–Crippen MR) is 63.6 cm³/mol. The van der Waals surface area contributed by atoms with Crippen LogP contribution in [0.5, 0.6) is 5.75 Å². The van der Waals surface area contributed by atoms with Gasteiger partial charge >= 0.3 is 0 Å². The first-order valence-corrected chi connectivity index (χ1v) is 5.75. The summed E-state index contributed by atoms with van der Waals surface area (Å²) in [4.78, 5) is 13.4. The highest BCUT2D eigenvalue weighted by Crippen LogP contribution is 2.22. The maximum Gasteiger partial charge on any atom is 0.223 e. The molecule has 2 rings (SSSR count). The number of aliphatic hydroxyl groups is 1. The molecule has 1 aliphatic heterocycles. The second kappa shape index (κ2) is 4.37. The molecule has 1 aliphatic rings. The number of β-amino-alcohol motifs (C(OH)–C–C–N with tert-alkyl or cyclic N) is 1. The van der Waals surface area contributed by atoms with Gasteiger partial charge in [-0.15, -0.1) is 0 Å². The molecule has 0 radical (unpaired) electrons. The molecule has 1 aromatic carbocycles. The number of hydrogen-bond acceptors (Lipinski definition) is 3. The summed E-state index contributed by atoms with van der Waals surface area (Å²) in [6.45, 7) is 2.54. The zero-order valence-electron chi connectivity index (χ0n) is 9.89. The fourth-order valence-electron chi connectivity index (χ4n) is 2.07. The number of hydrogen-bond donors (Lipinski definition) is 2. The quantitative estimate of drug-likeness (QED) is 0.819. The highest BCUT2D eigenvalue weighted by molar-refractivity contribution is 5.77. The summed E-state index contributed by atoms with van der Waals surface area (Å²) in [5.74, 6) is 0.260. The van der Waals surface area contributed by atoms with Crippen LogP contribution in [0.15, 0.2) is 24.3 Å². The average Bonchev–Trinajstić information content (AvgIpc) is 2.24. The lowest BCUT2D eigenvalue weighted by Crippen LogP contribution is -2.61. The number of carbonyl (C=O) groups excluding carboxylic acids is 1. The number of aryl methyl sites for hydroxylation is 1. The molecule has 0 spiro atoms. The minimum atomic E-state index is -0.718. The molecule has 0 bridgehead atoms. The third kappa shape index (κ3) is 2.77. The van der Waals surface area contributed by atoms with E-state index in [2.05, 4.69) is 0 Å². The standard InChI is InChI=1S/C13H17NO3/c1-13(17)8-14(9-13)12(16)7-6-10-4-2-3-5-11(10)15/h2-5,15,17H,6-9H2,1H3. The first-order valence-electron chi connectivity index (χ1n) is 5.75. The summed E-state index contributed by atoms with van der Waals surface area (Å²) in [6.07, 6.45) is 0.901. The molecule has 1 heterocycles. The Morgan fingerprint density at radius 2 is 2.06 bits per heavy atom. The van der Waals surface area contributed by atoms with Crippen molar-refractivity contribution >= 4 is 5.91 Å². The third-order valence-corrected chi connectivity index (χ3v) is 3.02. The Morgan fingerprint density at radius 3 is 2.65 bits per heavy atom. The molecule has 4 heteroatoms. The van der Waals surface area contributed by atoms with E-state index in [0.717, 1.165) is 5.56 Å². The fraction of sp³-hybridized carbons (Fsp3) is 0.462. The van der Waals surface area contributed by atoms with Gasteiger partial charge in [0.15, 0.2) is 0 Å². The molecule has 2 N–H and O–H groups in total.